The van der Waals surface area contributed by atoms with Gasteiger partial charge in [0, 0.05) is 31.1 Å². The van der Waals surface area contributed by atoms with Gasteiger partial charge in [-0.15, -0.1) is 0 Å². The second-order valence-electron chi connectivity index (χ2n) is 9.35. The molecular formula is C23H29BN2O4S. The van der Waals surface area contributed by atoms with Crippen molar-refractivity contribution in [1.29, 1.82) is 0 Å². The van der Waals surface area contributed by atoms with Crippen LogP contribution in [-0.2, 0) is 19.3 Å². The van der Waals surface area contributed by atoms with Crippen LogP contribution in [0.2, 0.25) is 0 Å². The lowest BCUT2D eigenvalue weighted by Gasteiger charge is -2.32. The lowest BCUT2D eigenvalue weighted by Crippen LogP contribution is -2.41. The van der Waals surface area contributed by atoms with Gasteiger partial charge in [-0.05, 0) is 52.8 Å². The number of aryl methyl sites for hydroxylation is 1. The molecular weight excluding hydrogens is 411 g/mol. The zero-order valence-corrected chi connectivity index (χ0v) is 19.9. The second-order valence-corrected chi connectivity index (χ2v) is 11.2. The summed E-state index contributed by atoms with van der Waals surface area (Å²) >= 11 is 0. The molecule has 0 amide bonds. The Balaban J connectivity index is 1.98. The standard InChI is InChI=1S/C23H29BN2O4S/c1-16-11-13-17(14-12-16)31(27,28)26-15-19(24-29-22(2,3)23(4,5)30-24)18-9-8-10-20(21(18)26)25(6)7/h8-15H,1-7H3. The lowest BCUT2D eigenvalue weighted by molar-refractivity contribution is 0.00578. The summed E-state index contributed by atoms with van der Waals surface area (Å²) in [5.74, 6) is 0. The SMILES string of the molecule is Cc1ccc(S(=O)(=O)n2cc(B3OC(C)(C)C(C)(C)O3)c3cccc(N(C)C)c32)cc1. The Morgan fingerprint density at radius 2 is 1.52 bits per heavy atom. The molecule has 31 heavy (non-hydrogen) atoms. The Kier molecular flexibility index (Phi) is 5.04. The number of hydrogen-bond acceptors (Lipinski definition) is 5. The van der Waals surface area contributed by atoms with E-state index in [1.807, 2.05) is 71.8 Å². The Labute approximate surface area is 185 Å². The number of fused-ring (bicyclic) bond motifs is 1. The van der Waals surface area contributed by atoms with Crippen LogP contribution in [0.3, 0.4) is 0 Å². The monoisotopic (exact) mass is 440 g/mol. The van der Waals surface area contributed by atoms with E-state index in [1.54, 1.807) is 30.5 Å². The smallest absolute Gasteiger partial charge is 0.399 e. The molecule has 1 aromatic heterocycles. The first kappa shape index (κ1) is 21.9. The predicted octanol–water partition coefficient (Wildman–Crippen LogP) is 3.55. The molecule has 2 heterocycles. The Bertz CT molecular complexity index is 1230. The van der Waals surface area contributed by atoms with E-state index < -0.39 is 28.3 Å². The molecule has 0 bridgehead atoms. The fraction of sp³-hybridized carbons (Fsp3) is 0.391. The van der Waals surface area contributed by atoms with Crippen LogP contribution in [0.1, 0.15) is 33.3 Å². The van der Waals surface area contributed by atoms with Gasteiger partial charge in [-0.3, -0.25) is 0 Å². The molecule has 8 heteroatoms. The van der Waals surface area contributed by atoms with Crippen molar-refractivity contribution in [2.45, 2.75) is 50.7 Å². The van der Waals surface area contributed by atoms with Crippen LogP contribution in [0.25, 0.3) is 10.9 Å². The van der Waals surface area contributed by atoms with Crippen molar-refractivity contribution in [3.8, 4) is 0 Å². The summed E-state index contributed by atoms with van der Waals surface area (Å²) in [4.78, 5) is 2.15. The van der Waals surface area contributed by atoms with Crippen LogP contribution < -0.4 is 10.4 Å². The molecule has 164 valence electrons. The highest BCUT2D eigenvalue weighted by atomic mass is 32.2. The van der Waals surface area contributed by atoms with E-state index in [0.29, 0.717) is 11.0 Å². The van der Waals surface area contributed by atoms with Gasteiger partial charge in [0.25, 0.3) is 10.0 Å². The third-order valence-corrected chi connectivity index (χ3v) is 8.04. The van der Waals surface area contributed by atoms with Gasteiger partial charge >= 0.3 is 7.12 Å². The minimum atomic E-state index is -3.83. The highest BCUT2D eigenvalue weighted by Crippen LogP contribution is 2.38. The van der Waals surface area contributed by atoms with Crippen LogP contribution in [0.15, 0.2) is 53.6 Å². The Morgan fingerprint density at radius 3 is 2.06 bits per heavy atom. The first-order valence-corrected chi connectivity index (χ1v) is 11.8. The van der Waals surface area contributed by atoms with Crippen molar-refractivity contribution < 1.29 is 17.7 Å². The minimum Gasteiger partial charge on any atom is -0.399 e. The molecule has 1 saturated heterocycles. The van der Waals surface area contributed by atoms with E-state index >= 15 is 0 Å². The molecule has 0 unspecified atom stereocenters. The predicted molar refractivity (Wildman–Crippen MR) is 126 cm³/mol. The summed E-state index contributed by atoms with van der Waals surface area (Å²) in [7, 11) is -0.689. The summed E-state index contributed by atoms with van der Waals surface area (Å²) < 4.78 is 41.2. The minimum absolute atomic E-state index is 0.240. The molecule has 6 nitrogen and oxygen atoms in total. The van der Waals surface area contributed by atoms with E-state index in [9.17, 15) is 8.42 Å². The summed E-state index contributed by atoms with van der Waals surface area (Å²) in [6, 6.07) is 12.7. The highest BCUT2D eigenvalue weighted by Gasteiger charge is 2.52. The normalized spacial score (nSPS) is 18.0. The quantitative estimate of drug-likeness (QED) is 0.581. The average molecular weight is 440 g/mol. The van der Waals surface area contributed by atoms with Gasteiger partial charge in [0.05, 0.1) is 27.3 Å². The Morgan fingerprint density at radius 1 is 0.935 bits per heavy atom. The number of hydrogen-bond donors (Lipinski definition) is 0. The van der Waals surface area contributed by atoms with Crippen molar-refractivity contribution in [1.82, 2.24) is 3.97 Å². The number of aromatic nitrogens is 1. The summed E-state index contributed by atoms with van der Waals surface area (Å²) in [5, 5.41) is 0.792. The summed E-state index contributed by atoms with van der Waals surface area (Å²) in [6.07, 6.45) is 1.65. The van der Waals surface area contributed by atoms with E-state index in [-0.39, 0.29) is 4.90 Å². The van der Waals surface area contributed by atoms with Crippen LogP contribution in [-0.4, -0.2) is 44.8 Å². The lowest BCUT2D eigenvalue weighted by atomic mass is 9.79. The average Bonchev–Trinajstić information content (AvgIpc) is 3.16. The van der Waals surface area contributed by atoms with Crippen LogP contribution in [0, 0.1) is 6.92 Å². The number of benzene rings is 2. The fourth-order valence-electron chi connectivity index (χ4n) is 3.79. The molecule has 4 rings (SSSR count). The molecule has 0 saturated carbocycles. The number of para-hydroxylation sites is 1. The number of rotatable bonds is 4. The summed E-state index contributed by atoms with van der Waals surface area (Å²) in [5.41, 5.74) is 2.06. The number of nitrogens with zero attached hydrogens (tertiary/aromatic N) is 2. The van der Waals surface area contributed by atoms with Crippen LogP contribution in [0.5, 0.6) is 0 Å². The largest absolute Gasteiger partial charge is 0.497 e. The van der Waals surface area contributed by atoms with Gasteiger partial charge in [0.15, 0.2) is 0 Å². The van der Waals surface area contributed by atoms with Crippen LogP contribution in [0.4, 0.5) is 5.69 Å². The molecule has 1 aliphatic rings. The maximum Gasteiger partial charge on any atom is 0.497 e. The summed E-state index contributed by atoms with van der Waals surface area (Å²) in [6.45, 7) is 9.88. The van der Waals surface area contributed by atoms with Gasteiger partial charge in [0.2, 0.25) is 0 Å². The molecule has 0 N–H and O–H groups in total. The van der Waals surface area contributed by atoms with Crippen molar-refractivity contribution in [3.05, 3.63) is 54.2 Å². The van der Waals surface area contributed by atoms with Crippen molar-refractivity contribution in [2.75, 3.05) is 19.0 Å². The van der Waals surface area contributed by atoms with Gasteiger partial charge in [-0.25, -0.2) is 12.4 Å². The first-order valence-electron chi connectivity index (χ1n) is 10.3. The first-order chi connectivity index (χ1) is 14.3. The van der Waals surface area contributed by atoms with Gasteiger partial charge in [0.1, 0.15) is 0 Å². The van der Waals surface area contributed by atoms with Crippen molar-refractivity contribution >= 4 is 39.2 Å². The zero-order valence-electron chi connectivity index (χ0n) is 19.1. The fourth-order valence-corrected chi connectivity index (χ4v) is 5.18. The molecule has 0 radical (unpaired) electrons. The zero-order chi connectivity index (χ0) is 22.8. The van der Waals surface area contributed by atoms with Crippen LogP contribution >= 0.6 is 0 Å². The molecule has 0 atom stereocenters. The molecule has 0 aliphatic carbocycles. The van der Waals surface area contributed by atoms with Gasteiger partial charge < -0.3 is 14.2 Å². The molecule has 1 aliphatic heterocycles. The Hall–Kier alpha value is -2.29. The maximum absolute atomic E-state index is 13.7. The highest BCUT2D eigenvalue weighted by molar-refractivity contribution is 7.90. The maximum atomic E-state index is 13.7. The number of anilines is 1. The van der Waals surface area contributed by atoms with E-state index in [1.165, 1.54) is 3.97 Å². The van der Waals surface area contributed by atoms with E-state index in [4.69, 9.17) is 9.31 Å². The van der Waals surface area contributed by atoms with Crippen molar-refractivity contribution in [3.63, 3.8) is 0 Å². The molecule has 1 fully saturated rings. The third-order valence-electron chi connectivity index (χ3n) is 6.37. The van der Waals surface area contributed by atoms with Gasteiger partial charge in [-0.1, -0.05) is 29.8 Å². The topological polar surface area (TPSA) is 60.8 Å². The van der Waals surface area contributed by atoms with Gasteiger partial charge in [-0.2, -0.15) is 0 Å². The van der Waals surface area contributed by atoms with Crippen molar-refractivity contribution in [2.24, 2.45) is 0 Å². The molecule has 0 spiro atoms. The molecule has 3 aromatic rings. The van der Waals surface area contributed by atoms with E-state index in [0.717, 1.165) is 16.6 Å². The third kappa shape index (κ3) is 3.47. The van der Waals surface area contributed by atoms with E-state index in [2.05, 4.69) is 0 Å². The molecule has 2 aromatic carbocycles. The second kappa shape index (κ2) is 7.12.